The van der Waals surface area contributed by atoms with Gasteiger partial charge in [-0.3, -0.25) is 9.48 Å². The molecule has 0 unspecified atom stereocenters. The minimum atomic E-state index is -5.01. The highest BCUT2D eigenvalue weighted by Gasteiger charge is 2.48. The van der Waals surface area contributed by atoms with Gasteiger partial charge in [-0.15, -0.1) is 13.2 Å². The van der Waals surface area contributed by atoms with Crippen molar-refractivity contribution in [2.75, 3.05) is 0 Å². The van der Waals surface area contributed by atoms with Gasteiger partial charge < -0.3 is 14.0 Å². The Hall–Kier alpha value is -4.22. The van der Waals surface area contributed by atoms with Crippen molar-refractivity contribution in [2.45, 2.75) is 45.2 Å². The largest absolute Gasteiger partial charge is 0.573 e. The number of carbonyl (C=O) groups excluding carboxylic acids is 1. The van der Waals surface area contributed by atoms with Gasteiger partial charge in [-0.1, -0.05) is 23.4 Å². The second-order valence-corrected chi connectivity index (χ2v) is 8.73. The maximum Gasteiger partial charge on any atom is 0.573 e. The quantitative estimate of drug-likeness (QED) is 0.235. The van der Waals surface area contributed by atoms with Crippen LogP contribution in [0, 0.1) is 12.7 Å². The van der Waals surface area contributed by atoms with Gasteiger partial charge in [-0.05, 0) is 61.2 Å². The third-order valence-electron chi connectivity index (χ3n) is 5.87. The lowest BCUT2D eigenvalue weighted by Crippen LogP contribution is -2.17. The molecular formula is C25H20F4N4O4. The summed E-state index contributed by atoms with van der Waals surface area (Å²) in [5, 5.41) is 8.32. The smallest absolute Gasteiger partial charge is 0.454 e. The van der Waals surface area contributed by atoms with Crippen LogP contribution in [0.4, 0.5) is 17.6 Å². The molecule has 8 nitrogen and oxygen atoms in total. The van der Waals surface area contributed by atoms with E-state index in [1.165, 1.54) is 13.0 Å². The molecule has 0 atom stereocenters. The second kappa shape index (κ2) is 9.02. The number of aromatic nitrogens is 4. The molecule has 0 radical (unpaired) electrons. The highest BCUT2D eigenvalue weighted by molar-refractivity contribution is 5.67. The molecule has 12 heteroatoms. The van der Waals surface area contributed by atoms with Crippen LogP contribution in [0.15, 0.2) is 53.1 Å². The number of aryl methyl sites for hydroxylation is 1. The van der Waals surface area contributed by atoms with Crippen molar-refractivity contribution in [1.82, 2.24) is 19.9 Å². The van der Waals surface area contributed by atoms with E-state index < -0.39 is 23.5 Å². The fraction of sp³-hybridized carbons (Fsp3) is 0.280. The number of carbonyl (C=O) groups is 1. The first-order valence-electron chi connectivity index (χ1n) is 11.2. The van der Waals surface area contributed by atoms with E-state index >= 15 is 0 Å². The molecule has 0 aliphatic heterocycles. The monoisotopic (exact) mass is 516 g/mol. The first-order chi connectivity index (χ1) is 17.5. The summed E-state index contributed by atoms with van der Waals surface area (Å²) in [7, 11) is 0. The number of hydrogen-bond donors (Lipinski definition) is 0. The zero-order chi connectivity index (χ0) is 26.4. The van der Waals surface area contributed by atoms with Gasteiger partial charge in [0.1, 0.15) is 5.60 Å². The Labute approximate surface area is 207 Å². The van der Waals surface area contributed by atoms with Crippen molar-refractivity contribution in [3.05, 3.63) is 71.2 Å². The molecule has 2 aromatic carbocycles. The van der Waals surface area contributed by atoms with Crippen molar-refractivity contribution in [2.24, 2.45) is 0 Å². The molecule has 192 valence electrons. The van der Waals surface area contributed by atoms with Crippen LogP contribution >= 0.6 is 0 Å². The van der Waals surface area contributed by atoms with E-state index in [1.54, 1.807) is 10.7 Å². The third kappa shape index (κ3) is 5.32. The van der Waals surface area contributed by atoms with Crippen LogP contribution in [0.1, 0.15) is 36.6 Å². The number of nitrogens with zero attached hydrogens (tertiary/aromatic N) is 4. The summed E-state index contributed by atoms with van der Waals surface area (Å²) >= 11 is 0. The Morgan fingerprint density at radius 3 is 2.62 bits per heavy atom. The standard InChI is InChI=1S/C25H20F4N4O4/c1-14-10-20(23-30-22(32-37-23)17-6-7-21(19(26)12-17)36-25(27,28)29)31-33(14)13-16-4-3-5-18(11-16)24(8-9-24)35-15(2)34/h3-7,10-12H,8-9,13H2,1-2H3. The number of hydrogen-bond acceptors (Lipinski definition) is 7. The lowest BCUT2D eigenvalue weighted by Gasteiger charge is -2.17. The third-order valence-corrected chi connectivity index (χ3v) is 5.87. The Morgan fingerprint density at radius 2 is 1.95 bits per heavy atom. The number of rotatable bonds is 7. The SMILES string of the molecule is CC(=O)OC1(c2cccc(Cn3nc(-c4nc(-c5ccc(OC(F)(F)F)c(F)c5)no4)cc3C)c2)CC1. The van der Waals surface area contributed by atoms with E-state index in [1.807, 2.05) is 31.2 Å². The van der Waals surface area contributed by atoms with E-state index in [2.05, 4.69) is 20.0 Å². The van der Waals surface area contributed by atoms with Gasteiger partial charge in [0.2, 0.25) is 5.82 Å². The number of esters is 1. The van der Waals surface area contributed by atoms with Crippen molar-refractivity contribution in [1.29, 1.82) is 0 Å². The molecule has 0 saturated heterocycles. The highest BCUT2D eigenvalue weighted by atomic mass is 19.4. The minimum Gasteiger partial charge on any atom is -0.454 e. The summed E-state index contributed by atoms with van der Waals surface area (Å²) in [6.07, 6.45) is -3.45. The lowest BCUT2D eigenvalue weighted by atomic mass is 10.0. The second-order valence-electron chi connectivity index (χ2n) is 8.73. The molecule has 0 N–H and O–H groups in total. The Bertz CT molecular complexity index is 1470. The maximum absolute atomic E-state index is 14.1. The van der Waals surface area contributed by atoms with Crippen molar-refractivity contribution >= 4 is 5.97 Å². The van der Waals surface area contributed by atoms with E-state index in [-0.39, 0.29) is 23.2 Å². The number of halogens is 4. The molecule has 4 aromatic rings. The number of alkyl halides is 3. The van der Waals surface area contributed by atoms with E-state index in [0.29, 0.717) is 12.2 Å². The molecule has 2 aromatic heterocycles. The molecular weight excluding hydrogens is 496 g/mol. The Kier molecular flexibility index (Phi) is 5.97. The Morgan fingerprint density at radius 1 is 1.16 bits per heavy atom. The molecule has 2 heterocycles. The molecule has 37 heavy (non-hydrogen) atoms. The van der Waals surface area contributed by atoms with Crippen LogP contribution in [-0.4, -0.2) is 32.3 Å². The molecule has 0 bridgehead atoms. The van der Waals surface area contributed by atoms with Crippen molar-refractivity contribution < 1.29 is 36.4 Å². The lowest BCUT2D eigenvalue weighted by molar-refractivity contribution is -0.275. The summed E-state index contributed by atoms with van der Waals surface area (Å²) in [5.41, 5.74) is 2.63. The van der Waals surface area contributed by atoms with Gasteiger partial charge in [-0.2, -0.15) is 10.1 Å². The van der Waals surface area contributed by atoms with Gasteiger partial charge in [0.05, 0.1) is 6.54 Å². The van der Waals surface area contributed by atoms with Gasteiger partial charge in [0, 0.05) is 18.2 Å². The van der Waals surface area contributed by atoms with Gasteiger partial charge in [-0.25, -0.2) is 4.39 Å². The molecule has 5 rings (SSSR count). The van der Waals surface area contributed by atoms with Gasteiger partial charge in [0.25, 0.3) is 5.89 Å². The highest BCUT2D eigenvalue weighted by Crippen LogP contribution is 2.49. The van der Waals surface area contributed by atoms with Crippen LogP contribution in [0.2, 0.25) is 0 Å². The van der Waals surface area contributed by atoms with Crippen molar-refractivity contribution in [3.63, 3.8) is 0 Å². The number of ether oxygens (including phenoxy) is 2. The summed E-state index contributed by atoms with van der Waals surface area (Å²) in [6, 6.07) is 12.4. The van der Waals surface area contributed by atoms with Crippen molar-refractivity contribution in [3.8, 4) is 28.7 Å². The van der Waals surface area contributed by atoms with E-state index in [4.69, 9.17) is 9.26 Å². The van der Waals surface area contributed by atoms with Gasteiger partial charge in [0.15, 0.2) is 17.3 Å². The molecule has 1 aliphatic rings. The van der Waals surface area contributed by atoms with Crippen LogP contribution in [-0.2, 0) is 21.7 Å². The maximum atomic E-state index is 14.1. The predicted octanol–water partition coefficient (Wildman–Crippen LogP) is 5.55. The van der Waals surface area contributed by atoms with E-state index in [0.717, 1.165) is 41.8 Å². The topological polar surface area (TPSA) is 92.3 Å². The summed E-state index contributed by atoms with van der Waals surface area (Å²) in [5.74, 6) is -2.45. The molecule has 1 saturated carbocycles. The van der Waals surface area contributed by atoms with E-state index in [9.17, 15) is 22.4 Å². The van der Waals surface area contributed by atoms with Crippen LogP contribution in [0.3, 0.4) is 0 Å². The average molecular weight is 516 g/mol. The molecule has 0 spiro atoms. The zero-order valence-corrected chi connectivity index (χ0v) is 19.7. The normalized spacial score (nSPS) is 14.4. The molecule has 0 amide bonds. The number of benzene rings is 2. The first-order valence-corrected chi connectivity index (χ1v) is 11.2. The van der Waals surface area contributed by atoms with Crippen LogP contribution < -0.4 is 4.74 Å². The van der Waals surface area contributed by atoms with Crippen LogP contribution in [0.25, 0.3) is 23.0 Å². The fourth-order valence-corrected chi connectivity index (χ4v) is 4.03. The zero-order valence-electron chi connectivity index (χ0n) is 19.7. The summed E-state index contributed by atoms with van der Waals surface area (Å²) in [4.78, 5) is 15.7. The summed E-state index contributed by atoms with van der Waals surface area (Å²) in [6.45, 7) is 3.69. The summed E-state index contributed by atoms with van der Waals surface area (Å²) < 4.78 is 67.4. The average Bonchev–Trinajstić information content (AvgIpc) is 3.26. The minimum absolute atomic E-state index is 0.0208. The molecule has 1 aliphatic carbocycles. The first kappa shape index (κ1) is 24.5. The van der Waals surface area contributed by atoms with Crippen LogP contribution in [0.5, 0.6) is 5.75 Å². The molecule has 1 fully saturated rings. The fourth-order valence-electron chi connectivity index (χ4n) is 4.03. The van der Waals surface area contributed by atoms with Gasteiger partial charge >= 0.3 is 12.3 Å². The predicted molar refractivity (Wildman–Crippen MR) is 121 cm³/mol. The Balaban J connectivity index is 1.34.